The number of carboxylic acids is 3. The summed E-state index contributed by atoms with van der Waals surface area (Å²) < 4.78 is 18.4. The number of nitrogens with zero attached hydrogens (tertiary/aromatic N) is 2. The molecular weight excluding hydrogens is 1320 g/mol. The van der Waals surface area contributed by atoms with E-state index in [2.05, 4.69) is 30.7 Å². The first-order valence-electron chi connectivity index (χ1n) is 32.3. The Balaban J connectivity index is 0.00000116. The van der Waals surface area contributed by atoms with E-state index < -0.39 is 83.2 Å². The molecule has 4 amide bonds. The molecule has 0 aliphatic carbocycles. The van der Waals surface area contributed by atoms with Crippen molar-refractivity contribution in [3.63, 3.8) is 0 Å². The van der Waals surface area contributed by atoms with Gasteiger partial charge in [-0.15, -0.1) is 0 Å². The highest BCUT2D eigenvalue weighted by Gasteiger charge is 2.34. The molecule has 556 valence electrons. The van der Waals surface area contributed by atoms with E-state index in [1.807, 2.05) is 159 Å². The average molecular weight is 1420 g/mol. The lowest BCUT2D eigenvalue weighted by molar-refractivity contribution is -0.224. The molecule has 29 heteroatoms. The van der Waals surface area contributed by atoms with Crippen molar-refractivity contribution in [3.05, 3.63) is 179 Å². The van der Waals surface area contributed by atoms with E-state index in [1.54, 1.807) is 41.5 Å². The van der Waals surface area contributed by atoms with Gasteiger partial charge in [-0.05, 0) is 76.3 Å². The van der Waals surface area contributed by atoms with Crippen molar-refractivity contribution in [3.8, 4) is 0 Å². The number of aliphatic hydroxyl groups excluding tert-OH is 1. The molecule has 0 radical (unpaired) electrons. The van der Waals surface area contributed by atoms with Gasteiger partial charge in [-0.2, -0.15) is 0 Å². The number of amides is 4. The van der Waals surface area contributed by atoms with Crippen LogP contribution in [0.5, 0.6) is 0 Å². The summed E-state index contributed by atoms with van der Waals surface area (Å²) in [5.41, 5.74) is 12.1. The van der Waals surface area contributed by atoms with E-state index in [0.29, 0.717) is 39.3 Å². The molecule has 1 saturated heterocycles. The highest BCUT2D eigenvalue weighted by Crippen LogP contribution is 2.18. The molecule has 1 aliphatic rings. The van der Waals surface area contributed by atoms with Crippen LogP contribution in [0.15, 0.2) is 152 Å². The molecule has 6 rings (SSSR count). The fourth-order valence-electron chi connectivity index (χ4n) is 6.75. The van der Waals surface area contributed by atoms with Crippen molar-refractivity contribution in [1.82, 2.24) is 26.6 Å². The van der Waals surface area contributed by atoms with Crippen LogP contribution >= 0.6 is 0 Å². The first-order valence-corrected chi connectivity index (χ1v) is 32.3. The Morgan fingerprint density at radius 2 is 0.822 bits per heavy atom. The number of nitrogens with one attached hydrogen (secondary N) is 3. The third-order valence-corrected chi connectivity index (χ3v) is 13.1. The van der Waals surface area contributed by atoms with E-state index in [9.17, 15) is 52.7 Å². The van der Waals surface area contributed by atoms with Gasteiger partial charge in [-0.25, -0.2) is 26.6 Å². The summed E-state index contributed by atoms with van der Waals surface area (Å²) in [6.45, 7) is 21.2. The van der Waals surface area contributed by atoms with Crippen LogP contribution in [0.25, 0.3) is 0 Å². The first-order chi connectivity index (χ1) is 48.2. The van der Waals surface area contributed by atoms with Crippen LogP contribution in [0.1, 0.15) is 104 Å². The van der Waals surface area contributed by atoms with Crippen molar-refractivity contribution >= 4 is 65.9 Å². The Bertz CT molecular complexity index is 3120. The van der Waals surface area contributed by atoms with Crippen LogP contribution in [0.2, 0.25) is 0 Å². The van der Waals surface area contributed by atoms with Gasteiger partial charge in [-0.1, -0.05) is 179 Å². The third kappa shape index (κ3) is 43.2. The fraction of sp³-hybridized carbons (Fsp3) is 0.431. The molecule has 29 nitrogen and oxygen atoms in total. The zero-order valence-electron chi connectivity index (χ0n) is 59.1. The lowest BCUT2D eigenvalue weighted by Gasteiger charge is -2.34. The maximum absolute atomic E-state index is 11.5. The quantitative estimate of drug-likeness (QED) is 0.00395. The minimum absolute atomic E-state index is 0.0334. The van der Waals surface area contributed by atoms with Crippen molar-refractivity contribution < 1.29 is 116 Å². The summed E-state index contributed by atoms with van der Waals surface area (Å²) in [5.74, 6) is -10.1. The van der Waals surface area contributed by atoms with Crippen LogP contribution in [-0.4, -0.2) is 149 Å². The Labute approximate surface area is 589 Å². The number of aliphatic carboxylic acids is 3. The molecule has 0 bridgehead atoms. The number of hydrogen-bond donors (Lipinski definition) is 7. The summed E-state index contributed by atoms with van der Waals surface area (Å²) in [6, 6.07) is 47.8. The Morgan fingerprint density at radius 3 is 1.16 bits per heavy atom. The molecular formula is C72H99N5O24. The Hall–Kier alpha value is -10.0. The molecule has 5 aromatic carbocycles. The van der Waals surface area contributed by atoms with Gasteiger partial charge in [0.2, 0.25) is 12.3 Å². The van der Waals surface area contributed by atoms with Gasteiger partial charge >= 0.3 is 41.8 Å². The van der Waals surface area contributed by atoms with Gasteiger partial charge in [-0.3, -0.25) is 76.9 Å². The number of hydroxylamine groups is 7. The molecule has 6 atom stereocenters. The standard InChI is InChI=1S/C13H17NO4.C12H15NO4.2C11H15NO3.C11H13NO2.C8H14O4.C6H10O4/c1-3-17-13(16)10(2)12(15)14-18-9-11-7-5-4-6-8-11;1-10(12(15)16)7-13(9-14)17-8-11-5-3-2-4-6-11;1-9(7-13)11(14)12-15-8-10-5-3-2-4-6-10;1-9(11(13)14)7-12-15-8-10-5-3-2-4-6-10;1-9-7-12(11(9)13)14-8-10-5-3-2-4-6-10;1-4-11-7(9)6(3)8(10)12-5-2;1-3-10-6(9)4(2)5(7)8/h4-8,10H,3,9H2,1-2H3,(H,14,15);2-6,9-10H,7-8H2,1H3,(H,15,16);2-6,9,13H,7-8H2,1H3,(H,12,14);2-6,9,12H,7-8H2,1H3,(H,13,14);2-6,9H,7-8H2,1H3;6H,4-5H2,1-3H3;4H,3H2,1-2H3,(H,7,8). The smallest absolute Gasteiger partial charge is 0.320 e. The van der Waals surface area contributed by atoms with Crippen molar-refractivity contribution in [1.29, 1.82) is 0 Å². The van der Waals surface area contributed by atoms with Crippen LogP contribution in [0, 0.1) is 41.4 Å². The molecule has 1 fully saturated rings. The van der Waals surface area contributed by atoms with Gasteiger partial charge in [0.25, 0.3) is 11.8 Å². The second-order valence-electron chi connectivity index (χ2n) is 21.7. The summed E-state index contributed by atoms with van der Waals surface area (Å²) in [7, 11) is 0. The summed E-state index contributed by atoms with van der Waals surface area (Å²) in [4.78, 5) is 145. The molecule has 1 heterocycles. The number of carbonyl (C=O) groups is 11. The highest BCUT2D eigenvalue weighted by atomic mass is 16.7. The highest BCUT2D eigenvalue weighted by molar-refractivity contribution is 5.97. The number of β-lactam (4-membered cyclic amide) rings is 1. The molecule has 0 saturated carbocycles. The van der Waals surface area contributed by atoms with Crippen LogP contribution in [0.3, 0.4) is 0 Å². The number of hydrogen-bond acceptors (Lipinski definition) is 22. The van der Waals surface area contributed by atoms with Crippen LogP contribution in [0.4, 0.5) is 0 Å². The first kappa shape index (κ1) is 91.0. The van der Waals surface area contributed by atoms with E-state index in [0.717, 1.165) is 32.9 Å². The molecule has 0 aromatic heterocycles. The van der Waals surface area contributed by atoms with Crippen molar-refractivity contribution in [2.75, 3.05) is 52.7 Å². The number of ether oxygens (including phenoxy) is 4. The summed E-state index contributed by atoms with van der Waals surface area (Å²) >= 11 is 0. The average Bonchev–Trinajstić information content (AvgIpc) is 0.835. The number of carboxylic acid groups (broad SMARTS) is 3. The minimum Gasteiger partial charge on any atom is -0.481 e. The van der Waals surface area contributed by atoms with E-state index in [-0.39, 0.29) is 70.5 Å². The SMILES string of the molecule is CC(CN(C=O)OCc1ccccc1)C(=O)O.CC(CNOCc1ccccc1)C(=O)O.CC(CO)C(=O)NOCc1ccccc1.CC1CN(OCc2ccccc2)C1=O.CCOC(=O)C(C)C(=O)NOCc1ccccc1.CCOC(=O)C(C)C(=O)O.CCOC(=O)C(C)C(=O)OCC. The number of carbonyl (C=O) groups excluding carboxylic acids is 8. The maximum atomic E-state index is 11.5. The van der Waals surface area contributed by atoms with Gasteiger partial charge < -0.3 is 39.4 Å². The third-order valence-electron chi connectivity index (χ3n) is 13.1. The van der Waals surface area contributed by atoms with Crippen LogP contribution < -0.4 is 16.4 Å². The molecule has 7 N–H and O–H groups in total. The van der Waals surface area contributed by atoms with Crippen LogP contribution in [-0.2, 0) is 129 Å². The lowest BCUT2D eigenvalue weighted by Crippen LogP contribution is -2.50. The Kier molecular flexibility index (Phi) is 50.3. The van der Waals surface area contributed by atoms with Gasteiger partial charge in [0.15, 0.2) is 11.8 Å². The predicted molar refractivity (Wildman–Crippen MR) is 366 cm³/mol. The maximum Gasteiger partial charge on any atom is 0.320 e. The number of esters is 4. The topological polar surface area (TPSA) is 394 Å². The van der Waals surface area contributed by atoms with Crippen molar-refractivity contribution in [2.45, 2.75) is 109 Å². The van der Waals surface area contributed by atoms with E-state index in [1.165, 1.54) is 32.8 Å². The van der Waals surface area contributed by atoms with Gasteiger partial charge in [0, 0.05) is 6.54 Å². The summed E-state index contributed by atoms with van der Waals surface area (Å²) in [6.07, 6.45) is 0.488. The molecule has 5 aromatic rings. The van der Waals surface area contributed by atoms with Gasteiger partial charge in [0.1, 0.15) is 19.1 Å². The number of rotatable bonds is 34. The van der Waals surface area contributed by atoms with Crippen molar-refractivity contribution in [2.24, 2.45) is 41.4 Å². The summed E-state index contributed by atoms with van der Waals surface area (Å²) in [5, 5.41) is 36.7. The number of benzene rings is 5. The zero-order chi connectivity index (χ0) is 75.9. The number of aliphatic hydroxyl groups is 1. The second-order valence-corrected chi connectivity index (χ2v) is 21.7. The van der Waals surface area contributed by atoms with Gasteiger partial charge in [0.05, 0.1) is 89.6 Å². The lowest BCUT2D eigenvalue weighted by atomic mass is 10.1. The molecule has 1 aliphatic heterocycles. The monoisotopic (exact) mass is 1420 g/mol. The molecule has 101 heavy (non-hydrogen) atoms. The zero-order valence-corrected chi connectivity index (χ0v) is 59.1. The predicted octanol–water partition coefficient (Wildman–Crippen LogP) is 7.64. The minimum atomic E-state index is -1.15. The van der Waals surface area contributed by atoms with E-state index in [4.69, 9.17) is 49.4 Å². The fourth-order valence-corrected chi connectivity index (χ4v) is 6.75. The molecule has 0 spiro atoms. The normalized spacial score (nSPS) is 12.9. The van der Waals surface area contributed by atoms with E-state index >= 15 is 0 Å². The Morgan fingerprint density at radius 1 is 0.475 bits per heavy atom. The largest absolute Gasteiger partial charge is 0.481 e. The molecule has 6 unspecified atom stereocenters. The second kappa shape index (κ2) is 55.8.